The predicted octanol–water partition coefficient (Wildman–Crippen LogP) is 3.97. The van der Waals surface area contributed by atoms with Crippen LogP contribution in [0.2, 0.25) is 5.02 Å². The van der Waals surface area contributed by atoms with Crippen molar-refractivity contribution in [2.24, 2.45) is 0 Å². The lowest BCUT2D eigenvalue weighted by atomic mass is 10.1. The van der Waals surface area contributed by atoms with E-state index in [-0.39, 0.29) is 24.6 Å². The normalized spacial score (nSPS) is 12.7. The fourth-order valence-corrected chi connectivity index (χ4v) is 4.46. The minimum atomic E-state index is -3.93. The number of carbonyl (C=O) groups excluding carboxylic acids is 2. The predicted molar refractivity (Wildman–Crippen MR) is 133 cm³/mol. The van der Waals surface area contributed by atoms with Crippen LogP contribution in [0.15, 0.2) is 48.5 Å². The van der Waals surface area contributed by atoms with Gasteiger partial charge in [0.1, 0.15) is 18.4 Å². The van der Waals surface area contributed by atoms with Crippen LogP contribution in [0.1, 0.15) is 39.7 Å². The summed E-state index contributed by atoms with van der Waals surface area (Å²) >= 11 is 6.31. The quantitative estimate of drug-likeness (QED) is 0.552. The van der Waals surface area contributed by atoms with Gasteiger partial charge in [-0.3, -0.25) is 13.9 Å². The van der Waals surface area contributed by atoms with Crippen LogP contribution in [-0.2, 0) is 26.2 Å². The third kappa shape index (κ3) is 7.70. The topological polar surface area (TPSA) is 86.8 Å². The molecule has 7 nitrogen and oxygen atoms in total. The molecule has 2 amide bonds. The van der Waals surface area contributed by atoms with E-state index in [0.717, 1.165) is 16.6 Å². The molecule has 2 aromatic carbocycles. The number of anilines is 1. The molecule has 0 aliphatic rings. The second-order valence-electron chi connectivity index (χ2n) is 9.03. The van der Waals surface area contributed by atoms with E-state index < -0.39 is 39.9 Å². The molecule has 0 aliphatic heterocycles. The van der Waals surface area contributed by atoms with Gasteiger partial charge in [0.2, 0.25) is 21.8 Å². The van der Waals surface area contributed by atoms with Crippen LogP contribution in [-0.4, -0.2) is 49.5 Å². The molecule has 186 valence electrons. The Hall–Kier alpha value is -2.65. The van der Waals surface area contributed by atoms with Gasteiger partial charge in [-0.25, -0.2) is 12.8 Å². The highest BCUT2D eigenvalue weighted by atomic mass is 35.5. The number of hydrogen-bond acceptors (Lipinski definition) is 4. The molecule has 0 spiro atoms. The maximum atomic E-state index is 13.8. The van der Waals surface area contributed by atoms with Crippen molar-refractivity contribution in [1.82, 2.24) is 10.2 Å². The van der Waals surface area contributed by atoms with Crippen molar-refractivity contribution >= 4 is 39.1 Å². The smallest absolute Gasteiger partial charge is 0.244 e. The number of nitrogens with zero attached hydrogens (tertiary/aromatic N) is 2. The van der Waals surface area contributed by atoms with Crippen LogP contribution in [0.4, 0.5) is 10.1 Å². The van der Waals surface area contributed by atoms with Crippen molar-refractivity contribution in [2.75, 3.05) is 17.1 Å². The zero-order valence-corrected chi connectivity index (χ0v) is 21.6. The minimum Gasteiger partial charge on any atom is -0.350 e. The van der Waals surface area contributed by atoms with Gasteiger partial charge in [0.15, 0.2) is 0 Å². The van der Waals surface area contributed by atoms with Gasteiger partial charge in [-0.1, -0.05) is 42.8 Å². The van der Waals surface area contributed by atoms with E-state index in [1.807, 2.05) is 20.8 Å². The van der Waals surface area contributed by atoms with Crippen LogP contribution >= 0.6 is 11.6 Å². The molecule has 2 aromatic rings. The number of carbonyl (C=O) groups is 2. The lowest BCUT2D eigenvalue weighted by Gasteiger charge is -2.34. The average molecular weight is 512 g/mol. The molecule has 34 heavy (non-hydrogen) atoms. The number of nitrogens with one attached hydrogen (secondary N) is 1. The van der Waals surface area contributed by atoms with E-state index in [9.17, 15) is 22.4 Å². The van der Waals surface area contributed by atoms with Crippen molar-refractivity contribution < 1.29 is 22.4 Å². The van der Waals surface area contributed by atoms with Gasteiger partial charge in [0, 0.05) is 17.1 Å². The minimum absolute atomic E-state index is 0.00463. The molecule has 0 bridgehead atoms. The van der Waals surface area contributed by atoms with Crippen molar-refractivity contribution in [2.45, 2.75) is 52.2 Å². The largest absolute Gasteiger partial charge is 0.350 e. The second-order valence-corrected chi connectivity index (χ2v) is 11.3. The van der Waals surface area contributed by atoms with Gasteiger partial charge in [0.25, 0.3) is 0 Å². The lowest BCUT2D eigenvalue weighted by molar-refractivity contribution is -0.141. The van der Waals surface area contributed by atoms with Crippen LogP contribution in [0.3, 0.4) is 0 Å². The Morgan fingerprint density at radius 2 is 1.76 bits per heavy atom. The Morgan fingerprint density at radius 1 is 1.12 bits per heavy atom. The summed E-state index contributed by atoms with van der Waals surface area (Å²) in [5.41, 5.74) is 0.0844. The number of sulfonamides is 1. The zero-order chi connectivity index (χ0) is 25.7. The SMILES string of the molecule is CCC(C(=O)NC(C)(C)C)N(Cc1ccccc1Cl)C(=O)CN(c1cccc(F)c1)S(C)(=O)=O. The summed E-state index contributed by atoms with van der Waals surface area (Å²) < 4.78 is 39.6. The first kappa shape index (κ1) is 27.6. The number of rotatable bonds is 9. The Labute approximate surface area is 205 Å². The number of benzene rings is 2. The highest BCUT2D eigenvalue weighted by molar-refractivity contribution is 7.92. The third-order valence-electron chi connectivity index (χ3n) is 4.96. The van der Waals surface area contributed by atoms with Gasteiger partial charge in [-0.15, -0.1) is 0 Å². The molecule has 1 unspecified atom stereocenters. The van der Waals surface area contributed by atoms with Crippen molar-refractivity contribution in [3.05, 3.63) is 64.9 Å². The van der Waals surface area contributed by atoms with E-state index in [2.05, 4.69) is 5.32 Å². The zero-order valence-electron chi connectivity index (χ0n) is 20.0. The molecule has 0 fully saturated rings. The van der Waals surface area contributed by atoms with E-state index >= 15 is 0 Å². The summed E-state index contributed by atoms with van der Waals surface area (Å²) in [7, 11) is -3.93. The van der Waals surface area contributed by atoms with Gasteiger partial charge in [-0.05, 0) is 57.0 Å². The summed E-state index contributed by atoms with van der Waals surface area (Å²) in [6.45, 7) is 6.63. The van der Waals surface area contributed by atoms with Gasteiger partial charge >= 0.3 is 0 Å². The third-order valence-corrected chi connectivity index (χ3v) is 6.47. The van der Waals surface area contributed by atoms with E-state index in [0.29, 0.717) is 10.6 Å². The first-order valence-corrected chi connectivity index (χ1v) is 13.0. The molecular formula is C24H31ClFN3O4S. The Balaban J connectivity index is 2.48. The number of hydrogen-bond donors (Lipinski definition) is 1. The second kappa shape index (κ2) is 11.2. The summed E-state index contributed by atoms with van der Waals surface area (Å²) in [4.78, 5) is 28.0. The maximum Gasteiger partial charge on any atom is 0.244 e. The fourth-order valence-electron chi connectivity index (χ4n) is 3.43. The monoisotopic (exact) mass is 511 g/mol. The first-order chi connectivity index (χ1) is 15.7. The molecular weight excluding hydrogens is 481 g/mol. The molecule has 2 rings (SSSR count). The molecule has 0 saturated heterocycles. The lowest BCUT2D eigenvalue weighted by Crippen LogP contribution is -2.55. The van der Waals surface area contributed by atoms with E-state index in [1.165, 1.54) is 23.1 Å². The summed E-state index contributed by atoms with van der Waals surface area (Å²) in [5.74, 6) is -1.62. The molecule has 10 heteroatoms. The fraction of sp³-hybridized carbons (Fsp3) is 0.417. The number of amides is 2. The first-order valence-electron chi connectivity index (χ1n) is 10.8. The molecule has 0 saturated carbocycles. The maximum absolute atomic E-state index is 13.8. The molecule has 1 N–H and O–H groups in total. The highest BCUT2D eigenvalue weighted by Gasteiger charge is 2.33. The molecule has 0 aromatic heterocycles. The Kier molecular flexibility index (Phi) is 9.08. The molecule has 0 heterocycles. The number of halogens is 2. The Bertz CT molecular complexity index is 1140. The summed E-state index contributed by atoms with van der Waals surface area (Å²) in [5, 5.41) is 3.29. The standard InChI is InChI=1S/C24H31ClFN3O4S/c1-6-21(23(31)27-24(2,3)4)28(15-17-10-7-8-13-20(17)25)22(30)16-29(34(5,32)33)19-12-9-11-18(26)14-19/h7-14,21H,6,15-16H2,1-5H3,(H,27,31). The van der Waals surface area contributed by atoms with Crippen LogP contribution < -0.4 is 9.62 Å². The van der Waals surface area contributed by atoms with Crippen LogP contribution in [0.5, 0.6) is 0 Å². The van der Waals surface area contributed by atoms with Gasteiger partial charge < -0.3 is 10.2 Å². The molecule has 0 aliphatic carbocycles. The van der Waals surface area contributed by atoms with Crippen molar-refractivity contribution in [3.63, 3.8) is 0 Å². The van der Waals surface area contributed by atoms with Crippen LogP contribution in [0.25, 0.3) is 0 Å². The summed E-state index contributed by atoms with van der Waals surface area (Å²) in [6, 6.07) is 11.0. The van der Waals surface area contributed by atoms with E-state index in [4.69, 9.17) is 11.6 Å². The van der Waals surface area contributed by atoms with Gasteiger partial charge in [-0.2, -0.15) is 0 Å². The van der Waals surface area contributed by atoms with Gasteiger partial charge in [0.05, 0.1) is 11.9 Å². The highest BCUT2D eigenvalue weighted by Crippen LogP contribution is 2.23. The Morgan fingerprint density at radius 3 is 2.29 bits per heavy atom. The van der Waals surface area contributed by atoms with Crippen LogP contribution in [0, 0.1) is 5.82 Å². The van der Waals surface area contributed by atoms with Crippen molar-refractivity contribution in [1.29, 1.82) is 0 Å². The molecule has 0 radical (unpaired) electrons. The van der Waals surface area contributed by atoms with Crippen molar-refractivity contribution in [3.8, 4) is 0 Å². The summed E-state index contributed by atoms with van der Waals surface area (Å²) in [6.07, 6.45) is 1.23. The average Bonchev–Trinajstić information content (AvgIpc) is 2.70. The molecule has 1 atom stereocenters. The van der Waals surface area contributed by atoms with E-state index in [1.54, 1.807) is 31.2 Å².